The van der Waals surface area contributed by atoms with Crippen LogP contribution in [0.5, 0.6) is 0 Å². The molecular formula is C14H10Cl2N2O3S. The normalized spacial score (nSPS) is 10.9. The van der Waals surface area contributed by atoms with Gasteiger partial charge in [0.2, 0.25) is 0 Å². The van der Waals surface area contributed by atoms with Crippen LogP contribution in [0.25, 0.3) is 0 Å². The molecule has 0 saturated heterocycles. The van der Waals surface area contributed by atoms with Crippen molar-refractivity contribution in [2.75, 3.05) is 7.11 Å². The lowest BCUT2D eigenvalue weighted by Gasteiger charge is -2.08. The first-order chi connectivity index (χ1) is 10.5. The number of oxime groups is 1. The molecule has 114 valence electrons. The zero-order valence-corrected chi connectivity index (χ0v) is 13.7. The third-order valence-corrected chi connectivity index (χ3v) is 4.72. The monoisotopic (exact) mass is 356 g/mol. The number of halogens is 2. The van der Waals surface area contributed by atoms with Gasteiger partial charge >= 0.3 is 0 Å². The maximum absolute atomic E-state index is 10.9. The van der Waals surface area contributed by atoms with E-state index in [2.05, 4.69) is 9.99 Å². The number of nitro benzene ring substituents is 1. The average Bonchev–Trinajstić information content (AvgIpc) is 2.49. The molecule has 0 radical (unpaired) electrons. The summed E-state index contributed by atoms with van der Waals surface area (Å²) in [7, 11) is 1.39. The van der Waals surface area contributed by atoms with Gasteiger partial charge in [0, 0.05) is 27.5 Å². The van der Waals surface area contributed by atoms with Crippen molar-refractivity contribution >= 4 is 46.9 Å². The third-order valence-electron chi connectivity index (χ3n) is 2.63. The van der Waals surface area contributed by atoms with Gasteiger partial charge in [-0.25, -0.2) is 0 Å². The molecule has 0 aliphatic heterocycles. The van der Waals surface area contributed by atoms with E-state index in [4.69, 9.17) is 23.2 Å². The van der Waals surface area contributed by atoms with E-state index in [0.29, 0.717) is 20.5 Å². The molecule has 0 atom stereocenters. The fraction of sp³-hybridized carbons (Fsp3) is 0.0714. The summed E-state index contributed by atoms with van der Waals surface area (Å²) in [5.74, 6) is 0. The zero-order chi connectivity index (χ0) is 16.1. The molecule has 2 aromatic rings. The minimum absolute atomic E-state index is 0.0350. The van der Waals surface area contributed by atoms with Gasteiger partial charge in [0.15, 0.2) is 0 Å². The average molecular weight is 357 g/mol. The number of nitro groups is 1. The summed E-state index contributed by atoms with van der Waals surface area (Å²) in [5, 5.41) is 15.6. The number of hydrogen-bond donors (Lipinski definition) is 0. The van der Waals surface area contributed by atoms with E-state index in [1.54, 1.807) is 24.3 Å². The summed E-state index contributed by atoms with van der Waals surface area (Å²) < 4.78 is 0. The van der Waals surface area contributed by atoms with Crippen molar-refractivity contribution in [3.8, 4) is 0 Å². The molecule has 0 amide bonds. The lowest BCUT2D eigenvalue weighted by Crippen LogP contribution is -1.93. The van der Waals surface area contributed by atoms with Crippen molar-refractivity contribution in [3.05, 3.63) is 62.1 Å². The topological polar surface area (TPSA) is 64.7 Å². The molecule has 2 aromatic carbocycles. The summed E-state index contributed by atoms with van der Waals surface area (Å²) in [6.07, 6.45) is 1.40. The lowest BCUT2D eigenvalue weighted by molar-refractivity contribution is -0.384. The van der Waals surface area contributed by atoms with E-state index < -0.39 is 4.92 Å². The third kappa shape index (κ3) is 3.91. The number of rotatable bonds is 5. The molecule has 5 nitrogen and oxygen atoms in total. The summed E-state index contributed by atoms with van der Waals surface area (Å²) in [6, 6.07) is 9.65. The van der Waals surface area contributed by atoms with Gasteiger partial charge in [-0.05, 0) is 18.2 Å². The van der Waals surface area contributed by atoms with E-state index in [1.165, 1.54) is 37.2 Å². The van der Waals surface area contributed by atoms with Crippen LogP contribution in [0, 0.1) is 10.1 Å². The Kier molecular flexibility index (Phi) is 5.65. The predicted molar refractivity (Wildman–Crippen MR) is 88.3 cm³/mol. The standard InChI is InChI=1S/C14H10Cl2N2O3S/c1-21-17-8-9-7-10(18(19)20)5-6-13(9)22-14-11(15)3-2-4-12(14)16/h2-8H,1H3/b17-8+. The minimum Gasteiger partial charge on any atom is -0.399 e. The molecule has 2 rings (SSSR count). The second kappa shape index (κ2) is 7.49. The van der Waals surface area contributed by atoms with Gasteiger partial charge in [0.1, 0.15) is 7.11 Å². The quantitative estimate of drug-likeness (QED) is 0.428. The SMILES string of the molecule is CO/N=C/c1cc([N+](=O)[O-])ccc1Sc1c(Cl)cccc1Cl. The van der Waals surface area contributed by atoms with Crippen LogP contribution in [0.3, 0.4) is 0 Å². The first-order valence-electron chi connectivity index (χ1n) is 5.99. The highest BCUT2D eigenvalue weighted by atomic mass is 35.5. The van der Waals surface area contributed by atoms with Crippen molar-refractivity contribution in [2.45, 2.75) is 9.79 Å². The molecule has 0 aromatic heterocycles. The molecule has 0 unspecified atom stereocenters. The van der Waals surface area contributed by atoms with E-state index in [-0.39, 0.29) is 5.69 Å². The predicted octanol–water partition coefficient (Wildman–Crippen LogP) is 5.03. The summed E-state index contributed by atoms with van der Waals surface area (Å²) in [5.41, 5.74) is 0.504. The van der Waals surface area contributed by atoms with Gasteiger partial charge in [-0.3, -0.25) is 10.1 Å². The molecule has 0 aliphatic carbocycles. The molecule has 22 heavy (non-hydrogen) atoms. The Morgan fingerprint density at radius 3 is 2.55 bits per heavy atom. The van der Waals surface area contributed by atoms with Crippen LogP contribution in [0.4, 0.5) is 5.69 Å². The van der Waals surface area contributed by atoms with Gasteiger partial charge in [0.25, 0.3) is 5.69 Å². The smallest absolute Gasteiger partial charge is 0.270 e. The Hall–Kier alpha value is -1.76. The number of nitrogens with zero attached hydrogens (tertiary/aromatic N) is 2. The van der Waals surface area contributed by atoms with Crippen molar-refractivity contribution in [3.63, 3.8) is 0 Å². The molecule has 0 N–H and O–H groups in total. The Morgan fingerprint density at radius 2 is 1.95 bits per heavy atom. The Morgan fingerprint density at radius 1 is 1.27 bits per heavy atom. The number of hydrogen-bond acceptors (Lipinski definition) is 5. The van der Waals surface area contributed by atoms with Crippen LogP contribution in [-0.2, 0) is 4.84 Å². The molecular weight excluding hydrogens is 347 g/mol. The van der Waals surface area contributed by atoms with Crippen molar-refractivity contribution < 1.29 is 9.76 Å². The van der Waals surface area contributed by atoms with Gasteiger partial charge in [0.05, 0.1) is 21.2 Å². The maximum atomic E-state index is 10.9. The van der Waals surface area contributed by atoms with E-state index >= 15 is 0 Å². The first-order valence-corrected chi connectivity index (χ1v) is 7.57. The molecule has 0 bridgehead atoms. The second-order valence-corrected chi connectivity index (χ2v) is 5.92. The Balaban J connectivity index is 2.45. The number of benzene rings is 2. The highest BCUT2D eigenvalue weighted by molar-refractivity contribution is 7.99. The first kappa shape index (κ1) is 16.6. The minimum atomic E-state index is -0.471. The van der Waals surface area contributed by atoms with Crippen LogP contribution >= 0.6 is 35.0 Å². The van der Waals surface area contributed by atoms with E-state index in [1.807, 2.05) is 0 Å². The van der Waals surface area contributed by atoms with Crippen molar-refractivity contribution in [1.82, 2.24) is 0 Å². The Bertz CT molecular complexity index is 718. The summed E-state index contributed by atoms with van der Waals surface area (Å²) in [4.78, 5) is 16.4. The maximum Gasteiger partial charge on any atom is 0.270 e. The molecule has 0 spiro atoms. The van der Waals surface area contributed by atoms with Crippen molar-refractivity contribution in [2.24, 2.45) is 5.16 Å². The van der Waals surface area contributed by atoms with Crippen LogP contribution in [0.15, 0.2) is 51.3 Å². The zero-order valence-electron chi connectivity index (χ0n) is 11.3. The summed E-state index contributed by atoms with van der Waals surface area (Å²) in [6.45, 7) is 0. The fourth-order valence-corrected chi connectivity index (χ4v) is 3.19. The molecule has 0 fully saturated rings. The van der Waals surface area contributed by atoms with Gasteiger partial charge < -0.3 is 4.84 Å². The van der Waals surface area contributed by atoms with Crippen LogP contribution in [0.2, 0.25) is 10.0 Å². The fourth-order valence-electron chi connectivity index (χ4n) is 1.64. The van der Waals surface area contributed by atoms with Gasteiger partial charge in [-0.15, -0.1) is 0 Å². The lowest BCUT2D eigenvalue weighted by atomic mass is 10.2. The molecule has 0 aliphatic rings. The highest BCUT2D eigenvalue weighted by Gasteiger charge is 2.14. The van der Waals surface area contributed by atoms with E-state index in [0.717, 1.165) is 4.90 Å². The molecule has 8 heteroatoms. The molecule has 0 heterocycles. The Labute approximate surface area is 141 Å². The number of non-ortho nitro benzene ring substituents is 1. The van der Waals surface area contributed by atoms with Gasteiger partial charge in [-0.1, -0.05) is 46.2 Å². The van der Waals surface area contributed by atoms with Gasteiger partial charge in [-0.2, -0.15) is 0 Å². The van der Waals surface area contributed by atoms with E-state index in [9.17, 15) is 10.1 Å². The summed E-state index contributed by atoms with van der Waals surface area (Å²) >= 11 is 13.6. The van der Waals surface area contributed by atoms with Crippen LogP contribution in [-0.4, -0.2) is 18.2 Å². The largest absolute Gasteiger partial charge is 0.399 e. The second-order valence-electron chi connectivity index (χ2n) is 4.05. The highest BCUT2D eigenvalue weighted by Crippen LogP contribution is 2.40. The van der Waals surface area contributed by atoms with Crippen molar-refractivity contribution in [1.29, 1.82) is 0 Å². The van der Waals surface area contributed by atoms with Crippen LogP contribution in [0.1, 0.15) is 5.56 Å². The molecule has 0 saturated carbocycles. The van der Waals surface area contributed by atoms with Crippen LogP contribution < -0.4 is 0 Å².